The highest BCUT2D eigenvalue weighted by molar-refractivity contribution is 7.98. The van der Waals surface area contributed by atoms with E-state index >= 15 is 0 Å². The van der Waals surface area contributed by atoms with Crippen LogP contribution in [0.1, 0.15) is 62.6 Å². The summed E-state index contributed by atoms with van der Waals surface area (Å²) in [6.45, 7) is 2.43. The van der Waals surface area contributed by atoms with E-state index in [4.69, 9.17) is 4.52 Å². The zero-order valence-corrected chi connectivity index (χ0v) is 19.7. The molecule has 0 radical (unpaired) electrons. The molecule has 3 aliphatic carbocycles. The lowest BCUT2D eigenvalue weighted by atomic mass is 9.59. The van der Waals surface area contributed by atoms with Gasteiger partial charge in [0, 0.05) is 30.2 Å². The Bertz CT molecular complexity index is 1320. The fraction of sp³-hybridized carbons (Fsp3) is 0.250. The lowest BCUT2D eigenvalue weighted by Crippen LogP contribution is -2.39. The quantitative estimate of drug-likeness (QED) is 0.369. The predicted octanol–water partition coefficient (Wildman–Crippen LogP) is 5.70. The molecule has 1 aromatic heterocycles. The molecular formula is C28H25N3O2S. The number of rotatable bonds is 6. The third-order valence-electron chi connectivity index (χ3n) is 7.01. The number of carbonyl (C=O) groups is 1. The zero-order chi connectivity index (χ0) is 23.1. The van der Waals surface area contributed by atoms with Gasteiger partial charge >= 0.3 is 0 Å². The maximum absolute atomic E-state index is 13.2. The molecule has 0 saturated heterocycles. The van der Waals surface area contributed by atoms with Gasteiger partial charge in [-0.05, 0) is 46.7 Å². The van der Waals surface area contributed by atoms with E-state index in [9.17, 15) is 4.79 Å². The summed E-state index contributed by atoms with van der Waals surface area (Å²) in [6.07, 6.45) is 1.06. The number of benzene rings is 3. The van der Waals surface area contributed by atoms with Gasteiger partial charge in [-0.2, -0.15) is 4.98 Å². The fourth-order valence-electron chi connectivity index (χ4n) is 5.60. The summed E-state index contributed by atoms with van der Waals surface area (Å²) < 4.78 is 5.06. The van der Waals surface area contributed by atoms with Crippen LogP contribution in [0.4, 0.5) is 0 Å². The minimum Gasteiger partial charge on any atom is -0.352 e. The number of nitrogens with one attached hydrogen (secondary N) is 1. The van der Waals surface area contributed by atoms with Crippen LogP contribution in [-0.4, -0.2) is 22.6 Å². The summed E-state index contributed by atoms with van der Waals surface area (Å²) in [6, 6.07) is 25.4. The third kappa shape index (κ3) is 3.72. The van der Waals surface area contributed by atoms with Gasteiger partial charge in [0.05, 0.1) is 11.3 Å². The van der Waals surface area contributed by atoms with E-state index in [1.165, 1.54) is 22.3 Å². The van der Waals surface area contributed by atoms with E-state index in [-0.39, 0.29) is 5.91 Å². The second-order valence-corrected chi connectivity index (χ2v) is 10.0. The van der Waals surface area contributed by atoms with Crippen molar-refractivity contribution in [1.29, 1.82) is 0 Å². The SMILES string of the molecule is Cc1nc(CSc2ccccc2C(=O)NCC2CC3c4ccccc4C2c2ccccc23)no1. The van der Waals surface area contributed by atoms with E-state index in [0.717, 1.165) is 11.3 Å². The van der Waals surface area contributed by atoms with Crippen molar-refractivity contribution in [3.05, 3.63) is 112 Å². The van der Waals surface area contributed by atoms with Gasteiger partial charge in [-0.1, -0.05) is 65.8 Å². The molecule has 3 aliphatic rings. The molecule has 5 nitrogen and oxygen atoms in total. The van der Waals surface area contributed by atoms with Crippen LogP contribution in [0.2, 0.25) is 0 Å². The normalized spacial score (nSPS) is 20.0. The number of thioether (sulfide) groups is 1. The molecule has 1 heterocycles. The van der Waals surface area contributed by atoms with Gasteiger partial charge < -0.3 is 9.84 Å². The molecular weight excluding hydrogens is 442 g/mol. The van der Waals surface area contributed by atoms with Crippen LogP contribution in [0.25, 0.3) is 0 Å². The van der Waals surface area contributed by atoms with Gasteiger partial charge in [0.25, 0.3) is 5.91 Å². The van der Waals surface area contributed by atoms with Crippen LogP contribution in [0.3, 0.4) is 0 Å². The lowest BCUT2D eigenvalue weighted by Gasteiger charge is -2.45. The summed E-state index contributed by atoms with van der Waals surface area (Å²) >= 11 is 1.55. The molecule has 1 amide bonds. The van der Waals surface area contributed by atoms with E-state index in [1.54, 1.807) is 18.7 Å². The monoisotopic (exact) mass is 467 g/mol. The molecule has 1 atom stereocenters. The second kappa shape index (κ2) is 8.76. The molecule has 1 N–H and O–H groups in total. The summed E-state index contributed by atoms with van der Waals surface area (Å²) in [4.78, 5) is 18.4. The average Bonchev–Trinajstić information content (AvgIpc) is 3.31. The molecule has 1 unspecified atom stereocenters. The Hall–Kier alpha value is -3.38. The maximum Gasteiger partial charge on any atom is 0.252 e. The van der Waals surface area contributed by atoms with Crippen molar-refractivity contribution in [2.45, 2.75) is 35.8 Å². The van der Waals surface area contributed by atoms with Crippen molar-refractivity contribution < 1.29 is 9.32 Å². The number of aryl methyl sites for hydroxylation is 1. The van der Waals surface area contributed by atoms with Gasteiger partial charge in [0.15, 0.2) is 5.82 Å². The summed E-state index contributed by atoms with van der Waals surface area (Å²) in [5, 5.41) is 7.21. The first kappa shape index (κ1) is 21.2. The number of carbonyl (C=O) groups excluding carboxylic acids is 1. The first-order valence-electron chi connectivity index (χ1n) is 11.7. The molecule has 6 heteroatoms. The van der Waals surface area contributed by atoms with Gasteiger partial charge in [-0.15, -0.1) is 11.8 Å². The molecule has 170 valence electrons. The Labute approximate surface area is 203 Å². The first-order chi connectivity index (χ1) is 16.7. The van der Waals surface area contributed by atoms with Crippen molar-refractivity contribution in [2.75, 3.05) is 6.54 Å². The van der Waals surface area contributed by atoms with E-state index in [1.807, 2.05) is 24.3 Å². The van der Waals surface area contributed by atoms with Crippen molar-refractivity contribution in [3.8, 4) is 0 Å². The van der Waals surface area contributed by atoms with Crippen molar-refractivity contribution in [2.24, 2.45) is 5.92 Å². The molecule has 0 fully saturated rings. The number of fused-ring (bicyclic) bond motifs is 1. The van der Waals surface area contributed by atoms with E-state index < -0.39 is 0 Å². The Morgan fingerprint density at radius 1 is 0.971 bits per heavy atom. The topological polar surface area (TPSA) is 68.0 Å². The Kier molecular flexibility index (Phi) is 5.46. The van der Waals surface area contributed by atoms with Crippen molar-refractivity contribution >= 4 is 17.7 Å². The Morgan fingerprint density at radius 2 is 1.62 bits per heavy atom. The molecule has 2 bridgehead atoms. The Morgan fingerprint density at radius 3 is 2.29 bits per heavy atom. The van der Waals surface area contributed by atoms with E-state index in [2.05, 4.69) is 64.0 Å². The van der Waals surface area contributed by atoms with Gasteiger partial charge in [0.1, 0.15) is 0 Å². The zero-order valence-electron chi connectivity index (χ0n) is 18.9. The molecule has 3 aromatic carbocycles. The molecule has 0 spiro atoms. The molecule has 4 aromatic rings. The molecule has 34 heavy (non-hydrogen) atoms. The largest absolute Gasteiger partial charge is 0.352 e. The lowest BCUT2D eigenvalue weighted by molar-refractivity contribution is 0.0940. The highest BCUT2D eigenvalue weighted by Gasteiger charge is 2.42. The van der Waals surface area contributed by atoms with Crippen molar-refractivity contribution in [1.82, 2.24) is 15.5 Å². The third-order valence-corrected chi connectivity index (χ3v) is 8.08. The fourth-order valence-corrected chi connectivity index (χ4v) is 6.49. The van der Waals surface area contributed by atoms with Crippen LogP contribution in [-0.2, 0) is 5.75 Å². The number of hydrogen-bond acceptors (Lipinski definition) is 5. The van der Waals surface area contributed by atoms with Crippen molar-refractivity contribution in [3.63, 3.8) is 0 Å². The summed E-state index contributed by atoms with van der Waals surface area (Å²) in [7, 11) is 0. The van der Waals surface area contributed by atoms with Crippen LogP contribution >= 0.6 is 11.8 Å². The van der Waals surface area contributed by atoms with E-state index in [0.29, 0.717) is 47.3 Å². The highest BCUT2D eigenvalue weighted by Crippen LogP contribution is 2.55. The number of hydrogen-bond donors (Lipinski definition) is 1. The number of aromatic nitrogens is 2. The minimum atomic E-state index is -0.0320. The van der Waals surface area contributed by atoms with Gasteiger partial charge in [0.2, 0.25) is 5.89 Å². The van der Waals surface area contributed by atoms with Crippen LogP contribution in [0.15, 0.2) is 82.2 Å². The van der Waals surface area contributed by atoms with Crippen LogP contribution in [0.5, 0.6) is 0 Å². The number of amides is 1. The minimum absolute atomic E-state index is 0.0320. The second-order valence-electron chi connectivity index (χ2n) is 9.01. The smallest absolute Gasteiger partial charge is 0.252 e. The number of nitrogens with zero attached hydrogens (tertiary/aromatic N) is 2. The maximum atomic E-state index is 13.2. The standard InChI is InChI=1S/C28H25N3O2S/c1-17-30-26(31-33-17)16-34-25-13-7-6-12-23(25)28(32)29-15-18-14-24-19-8-2-4-10-21(19)27(18)22-11-5-3-9-20(22)24/h2-13,18,24,27H,14-16H2,1H3,(H,29,32). The predicted molar refractivity (Wildman–Crippen MR) is 132 cm³/mol. The molecule has 7 rings (SSSR count). The van der Waals surface area contributed by atoms with Gasteiger partial charge in [-0.25, -0.2) is 0 Å². The molecule has 0 aliphatic heterocycles. The van der Waals surface area contributed by atoms with Gasteiger partial charge in [-0.3, -0.25) is 4.79 Å². The molecule has 0 saturated carbocycles. The van der Waals surface area contributed by atoms with Crippen LogP contribution in [0, 0.1) is 12.8 Å². The average molecular weight is 468 g/mol. The van der Waals surface area contributed by atoms with Crippen LogP contribution < -0.4 is 5.32 Å². The summed E-state index contributed by atoms with van der Waals surface area (Å²) in [5.74, 6) is 2.81. The Balaban J connectivity index is 1.20. The highest BCUT2D eigenvalue weighted by atomic mass is 32.2. The first-order valence-corrected chi connectivity index (χ1v) is 12.6. The summed E-state index contributed by atoms with van der Waals surface area (Å²) in [5.41, 5.74) is 6.43.